The first kappa shape index (κ1) is 16.5. The molecule has 2 N–H and O–H groups in total. The van der Waals surface area contributed by atoms with E-state index in [1.54, 1.807) is 21.0 Å². The van der Waals surface area contributed by atoms with Gasteiger partial charge in [-0.1, -0.05) is 6.92 Å². The molecule has 7 heteroatoms. The van der Waals surface area contributed by atoms with Gasteiger partial charge in [0.2, 0.25) is 10.0 Å². The fourth-order valence-electron chi connectivity index (χ4n) is 2.94. The Morgan fingerprint density at radius 3 is 2.62 bits per heavy atom. The minimum Gasteiger partial charge on any atom is -0.465 e. The van der Waals surface area contributed by atoms with Crippen LogP contribution in [0, 0.1) is 19.8 Å². The van der Waals surface area contributed by atoms with Gasteiger partial charge in [0, 0.05) is 32.3 Å². The number of rotatable bonds is 4. The predicted molar refractivity (Wildman–Crippen MR) is 79.4 cm³/mol. The molecule has 6 nitrogen and oxygen atoms in total. The van der Waals surface area contributed by atoms with Crippen LogP contribution < -0.4 is 5.73 Å². The van der Waals surface area contributed by atoms with Gasteiger partial charge in [0.1, 0.15) is 16.4 Å². The molecule has 0 spiro atoms. The highest BCUT2D eigenvalue weighted by Gasteiger charge is 2.37. The summed E-state index contributed by atoms with van der Waals surface area (Å²) in [7, 11) is -1.98. The standard InChI is InChI=1S/C14H24N2O4S/c1-9-5-6-16(8-13(9)19-4)21(17,18)14-11(3)20-10(2)12(14)7-15/h9,13H,5-8,15H2,1-4H3. The van der Waals surface area contributed by atoms with E-state index < -0.39 is 10.0 Å². The zero-order valence-electron chi connectivity index (χ0n) is 13.0. The number of ether oxygens (including phenoxy) is 1. The third-order valence-corrected chi connectivity index (χ3v) is 6.34. The number of hydrogen-bond acceptors (Lipinski definition) is 5. The number of aryl methyl sites for hydroxylation is 2. The Balaban J connectivity index is 2.39. The smallest absolute Gasteiger partial charge is 0.246 e. The molecule has 1 fully saturated rings. The molecular weight excluding hydrogens is 292 g/mol. The number of hydrogen-bond donors (Lipinski definition) is 1. The molecule has 2 heterocycles. The van der Waals surface area contributed by atoms with E-state index in [0.29, 0.717) is 36.1 Å². The molecule has 0 aromatic carbocycles. The maximum absolute atomic E-state index is 12.9. The molecule has 2 rings (SSSR count). The molecule has 0 amide bonds. The lowest BCUT2D eigenvalue weighted by Gasteiger charge is -2.35. The molecule has 21 heavy (non-hydrogen) atoms. The summed E-state index contributed by atoms with van der Waals surface area (Å²) < 4.78 is 38.2. The van der Waals surface area contributed by atoms with Gasteiger partial charge < -0.3 is 14.9 Å². The number of methoxy groups -OCH3 is 1. The predicted octanol–water partition coefficient (Wildman–Crippen LogP) is 1.40. The molecule has 2 atom stereocenters. The van der Waals surface area contributed by atoms with Crippen LogP contribution in [0.1, 0.15) is 30.4 Å². The van der Waals surface area contributed by atoms with Crippen LogP contribution in [-0.4, -0.2) is 39.0 Å². The Hall–Kier alpha value is -0.890. The fourth-order valence-corrected chi connectivity index (χ4v) is 4.83. The van der Waals surface area contributed by atoms with Crippen molar-refractivity contribution >= 4 is 10.0 Å². The minimum atomic E-state index is -3.60. The van der Waals surface area contributed by atoms with Crippen LogP contribution in [0.2, 0.25) is 0 Å². The van der Waals surface area contributed by atoms with Crippen LogP contribution in [-0.2, 0) is 21.3 Å². The highest BCUT2D eigenvalue weighted by Crippen LogP contribution is 2.31. The largest absolute Gasteiger partial charge is 0.465 e. The summed E-state index contributed by atoms with van der Waals surface area (Å²) >= 11 is 0. The van der Waals surface area contributed by atoms with Crippen LogP contribution in [0.15, 0.2) is 9.31 Å². The second kappa shape index (κ2) is 6.08. The lowest BCUT2D eigenvalue weighted by Crippen LogP contribution is -2.46. The Morgan fingerprint density at radius 1 is 1.38 bits per heavy atom. The van der Waals surface area contributed by atoms with E-state index in [0.717, 1.165) is 6.42 Å². The molecule has 1 aliphatic heterocycles. The van der Waals surface area contributed by atoms with Crippen molar-refractivity contribution in [1.82, 2.24) is 4.31 Å². The van der Waals surface area contributed by atoms with Crippen molar-refractivity contribution in [2.75, 3.05) is 20.2 Å². The first-order chi connectivity index (χ1) is 9.82. The highest BCUT2D eigenvalue weighted by atomic mass is 32.2. The van der Waals surface area contributed by atoms with Crippen LogP contribution in [0.25, 0.3) is 0 Å². The molecule has 1 aromatic heterocycles. The molecule has 2 unspecified atom stereocenters. The van der Waals surface area contributed by atoms with Gasteiger partial charge in [0.25, 0.3) is 0 Å². The van der Waals surface area contributed by atoms with Crippen molar-refractivity contribution in [2.24, 2.45) is 11.7 Å². The SMILES string of the molecule is COC1CN(S(=O)(=O)c2c(C)oc(C)c2CN)CCC1C. The molecule has 0 bridgehead atoms. The van der Waals surface area contributed by atoms with E-state index >= 15 is 0 Å². The van der Waals surface area contributed by atoms with E-state index in [1.165, 1.54) is 4.31 Å². The molecular formula is C14H24N2O4S. The maximum Gasteiger partial charge on any atom is 0.246 e. The van der Waals surface area contributed by atoms with Gasteiger partial charge in [-0.05, 0) is 26.2 Å². The second-order valence-electron chi connectivity index (χ2n) is 5.63. The number of nitrogens with zero attached hydrogens (tertiary/aromatic N) is 1. The van der Waals surface area contributed by atoms with Gasteiger partial charge >= 0.3 is 0 Å². The second-order valence-corrected chi connectivity index (χ2v) is 7.50. The zero-order valence-corrected chi connectivity index (χ0v) is 13.9. The van der Waals surface area contributed by atoms with E-state index in [2.05, 4.69) is 6.92 Å². The first-order valence-electron chi connectivity index (χ1n) is 7.14. The Bertz CT molecular complexity index is 609. The lowest BCUT2D eigenvalue weighted by molar-refractivity contribution is 0.0183. The van der Waals surface area contributed by atoms with Gasteiger partial charge in [0.15, 0.2) is 0 Å². The maximum atomic E-state index is 12.9. The lowest BCUT2D eigenvalue weighted by atomic mass is 9.97. The van der Waals surface area contributed by atoms with Crippen LogP contribution in [0.4, 0.5) is 0 Å². The normalized spacial score (nSPS) is 24.4. The van der Waals surface area contributed by atoms with Gasteiger partial charge in [-0.25, -0.2) is 8.42 Å². The summed E-state index contributed by atoms with van der Waals surface area (Å²) in [6, 6.07) is 0. The minimum absolute atomic E-state index is 0.0804. The quantitative estimate of drug-likeness (QED) is 0.907. The molecule has 120 valence electrons. The first-order valence-corrected chi connectivity index (χ1v) is 8.58. The number of sulfonamides is 1. The van der Waals surface area contributed by atoms with Crippen molar-refractivity contribution in [3.8, 4) is 0 Å². The summed E-state index contributed by atoms with van der Waals surface area (Å²) in [6.07, 6.45) is 0.703. The molecule has 1 aromatic rings. The van der Waals surface area contributed by atoms with Crippen LogP contribution in [0.3, 0.4) is 0 Å². The Morgan fingerprint density at radius 2 is 2.05 bits per heavy atom. The zero-order chi connectivity index (χ0) is 15.8. The summed E-state index contributed by atoms with van der Waals surface area (Å²) in [5, 5.41) is 0. The van der Waals surface area contributed by atoms with E-state index in [1.807, 2.05) is 0 Å². The Kier molecular flexibility index (Phi) is 4.77. The van der Waals surface area contributed by atoms with Crippen molar-refractivity contribution in [3.05, 3.63) is 17.1 Å². The van der Waals surface area contributed by atoms with Crippen LogP contribution in [0.5, 0.6) is 0 Å². The van der Waals surface area contributed by atoms with Crippen molar-refractivity contribution in [2.45, 2.75) is 44.7 Å². The average molecular weight is 316 g/mol. The average Bonchev–Trinajstić information content (AvgIpc) is 2.73. The third kappa shape index (κ3) is 2.88. The molecule has 1 saturated heterocycles. The topological polar surface area (TPSA) is 85.8 Å². The van der Waals surface area contributed by atoms with Crippen LogP contribution >= 0.6 is 0 Å². The summed E-state index contributed by atoms with van der Waals surface area (Å²) in [5.41, 5.74) is 6.27. The van der Waals surface area contributed by atoms with Crippen molar-refractivity contribution in [1.29, 1.82) is 0 Å². The van der Waals surface area contributed by atoms with Crippen molar-refractivity contribution < 1.29 is 17.6 Å². The molecule has 1 aliphatic rings. The molecule has 0 saturated carbocycles. The number of nitrogens with two attached hydrogens (primary N) is 1. The summed E-state index contributed by atoms with van der Waals surface area (Å²) in [6.45, 7) is 6.50. The molecule has 0 radical (unpaired) electrons. The van der Waals surface area contributed by atoms with Gasteiger partial charge in [-0.3, -0.25) is 0 Å². The van der Waals surface area contributed by atoms with E-state index in [4.69, 9.17) is 14.9 Å². The van der Waals surface area contributed by atoms with Gasteiger partial charge in [-0.2, -0.15) is 4.31 Å². The fraction of sp³-hybridized carbons (Fsp3) is 0.714. The summed E-state index contributed by atoms with van der Waals surface area (Å²) in [5.74, 6) is 1.32. The number of piperidine rings is 1. The van der Waals surface area contributed by atoms with E-state index in [9.17, 15) is 8.42 Å². The number of furan rings is 1. The highest BCUT2D eigenvalue weighted by molar-refractivity contribution is 7.89. The van der Waals surface area contributed by atoms with Gasteiger partial charge in [-0.15, -0.1) is 0 Å². The molecule has 0 aliphatic carbocycles. The van der Waals surface area contributed by atoms with E-state index in [-0.39, 0.29) is 17.5 Å². The van der Waals surface area contributed by atoms with Gasteiger partial charge in [0.05, 0.1) is 6.10 Å². The monoisotopic (exact) mass is 316 g/mol. The van der Waals surface area contributed by atoms with Crippen molar-refractivity contribution in [3.63, 3.8) is 0 Å². The third-order valence-electron chi connectivity index (χ3n) is 4.28. The Labute approximate surface area is 126 Å². The summed E-state index contributed by atoms with van der Waals surface area (Å²) in [4.78, 5) is 0.229.